The first-order valence-corrected chi connectivity index (χ1v) is 5.08. The van der Waals surface area contributed by atoms with Crippen molar-refractivity contribution in [2.45, 2.75) is 44.8 Å². The maximum absolute atomic E-state index is 5.84. The molecule has 2 nitrogen and oxygen atoms in total. The molecule has 0 radical (unpaired) electrons. The average Bonchev–Trinajstić information content (AvgIpc) is 1.97. The molecule has 12 heavy (non-hydrogen) atoms. The van der Waals surface area contributed by atoms with Gasteiger partial charge in [-0.1, -0.05) is 0 Å². The average molecular weight is 170 g/mol. The summed E-state index contributed by atoms with van der Waals surface area (Å²) in [6, 6.07) is 0. The highest BCUT2D eigenvalue weighted by Gasteiger charge is 2.26. The third-order valence-corrected chi connectivity index (χ3v) is 2.86. The third kappa shape index (κ3) is 1.99. The zero-order valence-electron chi connectivity index (χ0n) is 7.79. The lowest BCUT2D eigenvalue weighted by Gasteiger charge is -2.33. The van der Waals surface area contributed by atoms with Crippen molar-refractivity contribution in [3.8, 4) is 0 Å². The van der Waals surface area contributed by atoms with Gasteiger partial charge in [0.05, 0.1) is 25.4 Å². The number of ether oxygens (including phenoxy) is 2. The Morgan fingerprint density at radius 2 is 2.08 bits per heavy atom. The van der Waals surface area contributed by atoms with E-state index in [0.29, 0.717) is 12.2 Å². The van der Waals surface area contributed by atoms with Crippen molar-refractivity contribution in [3.63, 3.8) is 0 Å². The Bertz CT molecular complexity index is 143. The second-order valence-electron chi connectivity index (χ2n) is 4.14. The zero-order chi connectivity index (χ0) is 8.39. The molecule has 2 saturated heterocycles. The number of hydrogen-bond acceptors (Lipinski definition) is 2. The van der Waals surface area contributed by atoms with Crippen LogP contribution in [0.3, 0.4) is 0 Å². The minimum atomic E-state index is 0.491. The van der Waals surface area contributed by atoms with Crippen LogP contribution in [0.2, 0.25) is 0 Å². The lowest BCUT2D eigenvalue weighted by molar-refractivity contribution is -0.0939. The Kier molecular flexibility index (Phi) is 2.66. The molecule has 0 spiro atoms. The smallest absolute Gasteiger partial charge is 0.0583 e. The molecular formula is C10H18O2. The summed E-state index contributed by atoms with van der Waals surface area (Å²) in [6.45, 7) is 4.12. The van der Waals surface area contributed by atoms with Crippen LogP contribution in [0, 0.1) is 5.92 Å². The van der Waals surface area contributed by atoms with Gasteiger partial charge in [-0.15, -0.1) is 0 Å². The van der Waals surface area contributed by atoms with Gasteiger partial charge in [-0.05, 0) is 32.6 Å². The van der Waals surface area contributed by atoms with Crippen molar-refractivity contribution < 1.29 is 9.47 Å². The molecule has 0 aromatic heterocycles. The molecule has 2 rings (SSSR count). The van der Waals surface area contributed by atoms with E-state index in [4.69, 9.17) is 9.47 Å². The first kappa shape index (κ1) is 8.52. The van der Waals surface area contributed by atoms with E-state index in [1.807, 2.05) is 0 Å². The van der Waals surface area contributed by atoms with Gasteiger partial charge in [0.15, 0.2) is 0 Å². The van der Waals surface area contributed by atoms with Crippen LogP contribution in [0.4, 0.5) is 0 Å². The minimum absolute atomic E-state index is 0.491. The summed E-state index contributed by atoms with van der Waals surface area (Å²) >= 11 is 0. The van der Waals surface area contributed by atoms with Gasteiger partial charge < -0.3 is 9.47 Å². The normalized spacial score (nSPS) is 37.8. The van der Waals surface area contributed by atoms with Crippen molar-refractivity contribution in [3.05, 3.63) is 0 Å². The van der Waals surface area contributed by atoms with Crippen LogP contribution < -0.4 is 0 Å². The van der Waals surface area contributed by atoms with E-state index in [9.17, 15) is 0 Å². The van der Waals surface area contributed by atoms with E-state index in [2.05, 4.69) is 6.92 Å². The fourth-order valence-corrected chi connectivity index (χ4v) is 2.06. The van der Waals surface area contributed by atoms with Crippen molar-refractivity contribution >= 4 is 0 Å². The van der Waals surface area contributed by atoms with E-state index in [1.54, 1.807) is 0 Å². The van der Waals surface area contributed by atoms with Gasteiger partial charge in [0, 0.05) is 5.92 Å². The van der Waals surface area contributed by atoms with Gasteiger partial charge >= 0.3 is 0 Å². The van der Waals surface area contributed by atoms with Crippen LogP contribution in [-0.2, 0) is 9.47 Å². The van der Waals surface area contributed by atoms with Gasteiger partial charge in [0.25, 0.3) is 0 Å². The van der Waals surface area contributed by atoms with E-state index in [0.717, 1.165) is 19.1 Å². The van der Waals surface area contributed by atoms with E-state index in [-0.39, 0.29) is 0 Å². The molecule has 0 saturated carbocycles. The maximum atomic E-state index is 5.84. The van der Waals surface area contributed by atoms with Crippen molar-refractivity contribution in [2.24, 2.45) is 5.92 Å². The molecule has 2 heteroatoms. The standard InChI is InChI=1S/C10H18O2/c1-8-3-2-4-10(12-8)5-9-6-11-7-9/h8-10H,2-7H2,1H3. The molecule has 0 aliphatic carbocycles. The Balaban J connectivity index is 1.71. The van der Waals surface area contributed by atoms with E-state index in [1.165, 1.54) is 25.7 Å². The fourth-order valence-electron chi connectivity index (χ4n) is 2.06. The summed E-state index contributed by atoms with van der Waals surface area (Å²) < 4.78 is 11.0. The molecule has 2 aliphatic heterocycles. The first-order valence-electron chi connectivity index (χ1n) is 5.08. The molecular weight excluding hydrogens is 152 g/mol. The maximum Gasteiger partial charge on any atom is 0.0583 e. The molecule has 2 unspecified atom stereocenters. The lowest BCUT2D eigenvalue weighted by atomic mass is 9.94. The molecule has 70 valence electrons. The van der Waals surface area contributed by atoms with E-state index < -0.39 is 0 Å². The predicted molar refractivity (Wildman–Crippen MR) is 47.1 cm³/mol. The highest BCUT2D eigenvalue weighted by molar-refractivity contribution is 4.75. The molecule has 2 heterocycles. The van der Waals surface area contributed by atoms with Crippen LogP contribution in [0.1, 0.15) is 32.6 Å². The second-order valence-corrected chi connectivity index (χ2v) is 4.14. The van der Waals surface area contributed by atoms with Crippen molar-refractivity contribution in [1.82, 2.24) is 0 Å². The van der Waals surface area contributed by atoms with Gasteiger partial charge in [0.2, 0.25) is 0 Å². The molecule has 0 aromatic rings. The summed E-state index contributed by atoms with van der Waals surface area (Å²) in [5, 5.41) is 0. The lowest BCUT2D eigenvalue weighted by Crippen LogP contribution is -2.34. The highest BCUT2D eigenvalue weighted by atomic mass is 16.5. The minimum Gasteiger partial charge on any atom is -0.381 e. The number of hydrogen-bond donors (Lipinski definition) is 0. The predicted octanol–water partition coefficient (Wildman–Crippen LogP) is 1.98. The second kappa shape index (κ2) is 3.75. The molecule has 0 amide bonds. The molecule has 0 aromatic carbocycles. The van der Waals surface area contributed by atoms with Crippen LogP contribution in [-0.4, -0.2) is 25.4 Å². The van der Waals surface area contributed by atoms with Crippen LogP contribution in [0.15, 0.2) is 0 Å². The molecule has 0 bridgehead atoms. The Hall–Kier alpha value is -0.0800. The molecule has 2 aliphatic rings. The fraction of sp³-hybridized carbons (Fsp3) is 1.00. The highest BCUT2D eigenvalue weighted by Crippen LogP contribution is 2.26. The quantitative estimate of drug-likeness (QED) is 0.631. The largest absolute Gasteiger partial charge is 0.381 e. The SMILES string of the molecule is CC1CCCC(CC2COC2)O1. The van der Waals surface area contributed by atoms with Crippen LogP contribution in [0.5, 0.6) is 0 Å². The number of rotatable bonds is 2. The molecule has 0 N–H and O–H groups in total. The summed E-state index contributed by atoms with van der Waals surface area (Å²) in [5.74, 6) is 0.792. The Morgan fingerprint density at radius 1 is 1.25 bits per heavy atom. The monoisotopic (exact) mass is 170 g/mol. The topological polar surface area (TPSA) is 18.5 Å². The summed E-state index contributed by atoms with van der Waals surface area (Å²) in [4.78, 5) is 0. The summed E-state index contributed by atoms with van der Waals surface area (Å²) in [7, 11) is 0. The van der Waals surface area contributed by atoms with Crippen molar-refractivity contribution in [1.29, 1.82) is 0 Å². The Morgan fingerprint density at radius 3 is 2.67 bits per heavy atom. The molecule has 2 atom stereocenters. The van der Waals surface area contributed by atoms with Gasteiger partial charge in [-0.3, -0.25) is 0 Å². The summed E-state index contributed by atoms with van der Waals surface area (Å²) in [6.07, 6.45) is 6.11. The van der Waals surface area contributed by atoms with Crippen LogP contribution in [0.25, 0.3) is 0 Å². The first-order chi connectivity index (χ1) is 5.84. The van der Waals surface area contributed by atoms with Gasteiger partial charge in [-0.2, -0.15) is 0 Å². The van der Waals surface area contributed by atoms with Crippen molar-refractivity contribution in [2.75, 3.05) is 13.2 Å². The third-order valence-electron chi connectivity index (χ3n) is 2.86. The van der Waals surface area contributed by atoms with Crippen LogP contribution >= 0.6 is 0 Å². The van der Waals surface area contributed by atoms with E-state index >= 15 is 0 Å². The molecule has 2 fully saturated rings. The van der Waals surface area contributed by atoms with Gasteiger partial charge in [0.1, 0.15) is 0 Å². The zero-order valence-corrected chi connectivity index (χ0v) is 7.79. The summed E-state index contributed by atoms with van der Waals surface area (Å²) in [5.41, 5.74) is 0. The Labute approximate surface area is 74.2 Å². The van der Waals surface area contributed by atoms with Gasteiger partial charge in [-0.25, -0.2) is 0 Å².